The first kappa shape index (κ1) is 22.8. The zero-order valence-corrected chi connectivity index (χ0v) is 19.6. The Balaban J connectivity index is 1.38. The van der Waals surface area contributed by atoms with Crippen LogP contribution < -0.4 is 25.0 Å². The number of piperazine rings is 1. The fraction of sp³-hybridized carbons (Fsp3) is 0.375. The van der Waals surface area contributed by atoms with Gasteiger partial charge in [0, 0.05) is 37.7 Å². The van der Waals surface area contributed by atoms with E-state index in [9.17, 15) is 9.59 Å². The molecule has 1 saturated heterocycles. The van der Waals surface area contributed by atoms with Crippen LogP contribution in [0.1, 0.15) is 24.2 Å². The third-order valence-electron chi connectivity index (χ3n) is 5.61. The number of hydrogen-bond donors (Lipinski definition) is 2. The number of carbonyl (C=O) groups is 2. The van der Waals surface area contributed by atoms with Crippen LogP contribution in [-0.4, -0.2) is 61.2 Å². The molecule has 0 aliphatic carbocycles. The van der Waals surface area contributed by atoms with Crippen molar-refractivity contribution in [1.29, 1.82) is 0 Å². The lowest BCUT2D eigenvalue weighted by Crippen LogP contribution is -2.50. The second kappa shape index (κ2) is 10.1. The Bertz CT molecular complexity index is 1050. The normalized spacial score (nSPS) is 15.2. The summed E-state index contributed by atoms with van der Waals surface area (Å²) in [6.45, 7) is 7.61. The van der Waals surface area contributed by atoms with E-state index < -0.39 is 0 Å². The average molecular weight is 469 g/mol. The summed E-state index contributed by atoms with van der Waals surface area (Å²) in [4.78, 5) is 29.1. The molecule has 0 atom stereocenters. The summed E-state index contributed by atoms with van der Waals surface area (Å²) >= 11 is 5.41. The van der Waals surface area contributed by atoms with Crippen LogP contribution in [-0.2, 0) is 4.79 Å². The van der Waals surface area contributed by atoms with Crippen molar-refractivity contribution < 1.29 is 19.1 Å². The summed E-state index contributed by atoms with van der Waals surface area (Å²) in [6, 6.07) is 12.9. The van der Waals surface area contributed by atoms with Crippen molar-refractivity contribution in [1.82, 2.24) is 10.2 Å². The molecule has 4 rings (SSSR count). The summed E-state index contributed by atoms with van der Waals surface area (Å²) in [5.74, 6) is 1.03. The van der Waals surface area contributed by atoms with Gasteiger partial charge in [-0.15, -0.1) is 0 Å². The van der Waals surface area contributed by atoms with E-state index in [0.29, 0.717) is 43.4 Å². The molecule has 2 N–H and O–H groups in total. The van der Waals surface area contributed by atoms with Gasteiger partial charge in [-0.2, -0.15) is 0 Å². The lowest BCUT2D eigenvalue weighted by Gasteiger charge is -2.37. The highest BCUT2D eigenvalue weighted by atomic mass is 32.1. The number of para-hydroxylation sites is 2. The zero-order chi connectivity index (χ0) is 23.4. The summed E-state index contributed by atoms with van der Waals surface area (Å²) in [6.07, 6.45) is 0. The number of carbonyl (C=O) groups excluding carboxylic acids is 2. The maximum Gasteiger partial charge on any atom is 0.257 e. The van der Waals surface area contributed by atoms with Crippen LogP contribution in [0.15, 0.2) is 42.5 Å². The molecule has 2 aromatic carbocycles. The molecule has 8 nitrogen and oxygen atoms in total. The molecule has 2 heterocycles. The van der Waals surface area contributed by atoms with Gasteiger partial charge in [-0.25, -0.2) is 0 Å². The van der Waals surface area contributed by atoms with Crippen LogP contribution in [0.2, 0.25) is 0 Å². The Morgan fingerprint density at radius 1 is 0.970 bits per heavy atom. The molecule has 0 spiro atoms. The maximum atomic E-state index is 12.7. The Morgan fingerprint density at radius 2 is 1.67 bits per heavy atom. The second-order valence-corrected chi connectivity index (χ2v) is 8.66. The molecule has 0 radical (unpaired) electrons. The highest BCUT2D eigenvalue weighted by Gasteiger charge is 2.24. The van der Waals surface area contributed by atoms with Gasteiger partial charge < -0.3 is 24.6 Å². The molecule has 0 aromatic heterocycles. The van der Waals surface area contributed by atoms with Crippen LogP contribution in [0.4, 0.5) is 11.4 Å². The van der Waals surface area contributed by atoms with E-state index in [1.807, 2.05) is 43.0 Å². The first-order chi connectivity index (χ1) is 15.9. The molecule has 9 heteroatoms. The molecule has 2 aliphatic heterocycles. The Labute approximate surface area is 198 Å². The predicted octanol–water partition coefficient (Wildman–Crippen LogP) is 2.89. The number of anilines is 2. The van der Waals surface area contributed by atoms with Crippen LogP contribution in [0, 0.1) is 5.92 Å². The number of ether oxygens (including phenoxy) is 2. The molecule has 2 aromatic rings. The van der Waals surface area contributed by atoms with Gasteiger partial charge in [0.15, 0.2) is 16.6 Å². The van der Waals surface area contributed by atoms with E-state index in [1.165, 1.54) is 0 Å². The highest BCUT2D eigenvalue weighted by Crippen LogP contribution is 2.31. The zero-order valence-electron chi connectivity index (χ0n) is 18.8. The number of benzene rings is 2. The molecule has 0 saturated carbocycles. The fourth-order valence-corrected chi connectivity index (χ4v) is 4.10. The van der Waals surface area contributed by atoms with Gasteiger partial charge in [0.25, 0.3) is 5.91 Å². The van der Waals surface area contributed by atoms with Gasteiger partial charge in [0.1, 0.15) is 13.2 Å². The van der Waals surface area contributed by atoms with Crippen LogP contribution in [0.3, 0.4) is 0 Å². The third-order valence-corrected chi connectivity index (χ3v) is 5.81. The molecule has 0 bridgehead atoms. The van der Waals surface area contributed by atoms with Crippen molar-refractivity contribution in [2.75, 3.05) is 49.6 Å². The molecule has 1 fully saturated rings. The van der Waals surface area contributed by atoms with E-state index in [-0.39, 0.29) is 22.8 Å². The lowest BCUT2D eigenvalue weighted by atomic mass is 10.1. The van der Waals surface area contributed by atoms with Crippen molar-refractivity contribution in [2.24, 2.45) is 5.92 Å². The van der Waals surface area contributed by atoms with Crippen molar-refractivity contribution in [3.63, 3.8) is 0 Å². The second-order valence-electron chi connectivity index (χ2n) is 8.25. The average Bonchev–Trinajstić information content (AvgIpc) is 2.83. The van der Waals surface area contributed by atoms with Gasteiger partial charge >= 0.3 is 0 Å². The van der Waals surface area contributed by atoms with Crippen LogP contribution in [0.5, 0.6) is 11.5 Å². The minimum atomic E-state index is -0.331. The Hall–Kier alpha value is -3.33. The number of thiocarbonyl (C=S) groups is 1. The first-order valence-electron chi connectivity index (χ1n) is 11.1. The van der Waals surface area contributed by atoms with Crippen LogP contribution >= 0.6 is 12.2 Å². The number of rotatable bonds is 4. The molecule has 0 unspecified atom stereocenters. The molecular formula is C24H28N4O4S. The van der Waals surface area contributed by atoms with Gasteiger partial charge in [-0.1, -0.05) is 26.0 Å². The monoisotopic (exact) mass is 468 g/mol. The summed E-state index contributed by atoms with van der Waals surface area (Å²) in [7, 11) is 0. The quantitative estimate of drug-likeness (QED) is 0.668. The van der Waals surface area contributed by atoms with Gasteiger partial charge in [-0.3, -0.25) is 14.9 Å². The summed E-state index contributed by atoms with van der Waals surface area (Å²) < 4.78 is 11.0. The number of fused-ring (bicyclic) bond motifs is 1. The van der Waals surface area contributed by atoms with E-state index in [1.54, 1.807) is 18.2 Å². The molecule has 2 aliphatic rings. The smallest absolute Gasteiger partial charge is 0.257 e. The lowest BCUT2D eigenvalue weighted by molar-refractivity contribution is -0.134. The standard InChI is InChI=1S/C24H28N4O4S/c1-16(2)23(30)28-11-9-27(10-12-28)19-6-4-3-5-18(19)25-24(33)26-22(29)17-7-8-20-21(15-17)32-14-13-31-20/h3-8,15-16H,9-14H2,1-2H3,(H2,25,26,29,33). The van der Waals surface area contributed by atoms with E-state index in [2.05, 4.69) is 15.5 Å². The van der Waals surface area contributed by atoms with Crippen molar-refractivity contribution >= 4 is 40.5 Å². The predicted molar refractivity (Wildman–Crippen MR) is 131 cm³/mol. The molecule has 33 heavy (non-hydrogen) atoms. The Morgan fingerprint density at radius 3 is 2.39 bits per heavy atom. The van der Waals surface area contributed by atoms with E-state index >= 15 is 0 Å². The van der Waals surface area contributed by atoms with Gasteiger partial charge in [0.2, 0.25) is 5.91 Å². The fourth-order valence-electron chi connectivity index (χ4n) is 3.90. The minimum Gasteiger partial charge on any atom is -0.486 e. The summed E-state index contributed by atoms with van der Waals surface area (Å²) in [5.41, 5.74) is 2.21. The van der Waals surface area contributed by atoms with Crippen LogP contribution in [0.25, 0.3) is 0 Å². The summed E-state index contributed by atoms with van der Waals surface area (Å²) in [5, 5.41) is 6.08. The largest absolute Gasteiger partial charge is 0.486 e. The third kappa shape index (κ3) is 5.36. The maximum absolute atomic E-state index is 12.7. The topological polar surface area (TPSA) is 83.1 Å². The number of hydrogen-bond acceptors (Lipinski definition) is 6. The number of nitrogens with zero attached hydrogens (tertiary/aromatic N) is 2. The minimum absolute atomic E-state index is 0.000641. The van der Waals surface area contributed by atoms with Gasteiger partial charge in [0.05, 0.1) is 11.4 Å². The number of nitrogens with one attached hydrogen (secondary N) is 2. The molecule has 2 amide bonds. The Kier molecular flexibility index (Phi) is 6.98. The van der Waals surface area contributed by atoms with Gasteiger partial charge in [-0.05, 0) is 42.5 Å². The van der Waals surface area contributed by atoms with E-state index in [0.717, 1.165) is 24.5 Å². The first-order valence-corrected chi connectivity index (χ1v) is 11.5. The number of amides is 2. The van der Waals surface area contributed by atoms with Crippen molar-refractivity contribution in [2.45, 2.75) is 13.8 Å². The van der Waals surface area contributed by atoms with Crippen molar-refractivity contribution in [3.05, 3.63) is 48.0 Å². The molecule has 174 valence electrons. The molecular weight excluding hydrogens is 440 g/mol. The van der Waals surface area contributed by atoms with Crippen molar-refractivity contribution in [3.8, 4) is 11.5 Å². The SMILES string of the molecule is CC(C)C(=O)N1CCN(c2ccccc2NC(=S)NC(=O)c2ccc3c(c2)OCCO3)CC1. The van der Waals surface area contributed by atoms with E-state index in [4.69, 9.17) is 21.7 Å². The highest BCUT2D eigenvalue weighted by molar-refractivity contribution is 7.80.